The molecule has 1 aromatic heterocycles. The first-order chi connectivity index (χ1) is 7.22. The minimum atomic E-state index is -0.0889. The van der Waals surface area contributed by atoms with Gasteiger partial charge in [-0.1, -0.05) is 7.96 Å². The van der Waals surface area contributed by atoms with E-state index in [4.69, 9.17) is 0 Å². The average Bonchev–Trinajstić information content (AvgIpc) is 2.27. The van der Waals surface area contributed by atoms with Gasteiger partial charge in [0.25, 0.3) is 0 Å². The van der Waals surface area contributed by atoms with Crippen LogP contribution in [0.2, 0.25) is 0 Å². The molecule has 0 N–H and O–H groups in total. The SMILES string of the molecule is CN1CCc2cncc(P(P)PP)c2C1. The van der Waals surface area contributed by atoms with E-state index in [1.165, 1.54) is 16.4 Å². The van der Waals surface area contributed by atoms with Crippen LogP contribution in [0.3, 0.4) is 0 Å². The molecule has 0 radical (unpaired) electrons. The van der Waals surface area contributed by atoms with Gasteiger partial charge in [-0.05, 0) is 31.9 Å². The molecule has 0 bridgehead atoms. The summed E-state index contributed by atoms with van der Waals surface area (Å²) in [4.78, 5) is 6.77. The molecule has 0 aromatic carbocycles. The van der Waals surface area contributed by atoms with Gasteiger partial charge >= 0.3 is 0 Å². The van der Waals surface area contributed by atoms with Gasteiger partial charge in [-0.3, -0.25) is 4.98 Å². The van der Waals surface area contributed by atoms with Crippen LogP contribution in [0.15, 0.2) is 12.4 Å². The maximum Gasteiger partial charge on any atom is 0.0355 e. The molecule has 2 nitrogen and oxygen atoms in total. The molecule has 4 atom stereocenters. The van der Waals surface area contributed by atoms with Gasteiger partial charge in [0.1, 0.15) is 0 Å². The Labute approximate surface area is 98.6 Å². The first-order valence-electron chi connectivity index (χ1n) is 4.87. The Morgan fingerprint density at radius 2 is 2.33 bits per heavy atom. The van der Waals surface area contributed by atoms with E-state index in [0.29, 0.717) is 0 Å². The zero-order chi connectivity index (χ0) is 10.8. The molecule has 2 heterocycles. The van der Waals surface area contributed by atoms with Gasteiger partial charge in [0, 0.05) is 30.8 Å². The highest BCUT2D eigenvalue weighted by atomic mass is 32.6. The third-order valence-electron chi connectivity index (χ3n) is 2.71. The van der Waals surface area contributed by atoms with Crippen molar-refractivity contribution in [2.24, 2.45) is 0 Å². The van der Waals surface area contributed by atoms with E-state index >= 15 is 0 Å². The van der Waals surface area contributed by atoms with Gasteiger partial charge in [0.2, 0.25) is 0 Å². The van der Waals surface area contributed by atoms with Gasteiger partial charge in [-0.15, -0.1) is 17.9 Å². The lowest BCUT2D eigenvalue weighted by Crippen LogP contribution is -2.30. The summed E-state index contributed by atoms with van der Waals surface area (Å²) in [5.74, 6) is 0. The monoisotopic (exact) mass is 276 g/mol. The van der Waals surface area contributed by atoms with Gasteiger partial charge < -0.3 is 4.90 Å². The molecule has 1 aromatic rings. The number of nitrogens with zero attached hydrogens (tertiary/aromatic N) is 2. The zero-order valence-electron chi connectivity index (χ0n) is 8.77. The molecule has 1 aliphatic rings. The van der Waals surface area contributed by atoms with Crippen molar-refractivity contribution in [2.75, 3.05) is 13.6 Å². The number of rotatable bonds is 2. The Morgan fingerprint density at radius 3 is 3.07 bits per heavy atom. The summed E-state index contributed by atoms with van der Waals surface area (Å²) < 4.78 is 0. The molecule has 0 saturated carbocycles. The number of aromatic nitrogens is 1. The van der Waals surface area contributed by atoms with E-state index in [9.17, 15) is 0 Å². The number of likely N-dealkylation sites (N-methyl/N-ethyl adjacent to an activating group) is 1. The Bertz CT molecular complexity index is 358. The second kappa shape index (κ2) is 5.44. The summed E-state index contributed by atoms with van der Waals surface area (Å²) in [6.45, 7) is 2.26. The van der Waals surface area contributed by atoms with Crippen molar-refractivity contribution < 1.29 is 0 Å². The van der Waals surface area contributed by atoms with Gasteiger partial charge in [-0.2, -0.15) is 0 Å². The number of hydrogen-bond acceptors (Lipinski definition) is 2. The Balaban J connectivity index is 2.39. The third kappa shape index (κ3) is 2.74. The van der Waals surface area contributed by atoms with E-state index in [-0.39, 0.29) is 7.30 Å². The predicted octanol–water partition coefficient (Wildman–Crippen LogP) is 2.35. The molecule has 82 valence electrons. The molecule has 6 heteroatoms. The van der Waals surface area contributed by atoms with Crippen molar-refractivity contribution in [1.29, 1.82) is 0 Å². The summed E-state index contributed by atoms with van der Waals surface area (Å²) in [5, 5.41) is 1.48. The fourth-order valence-corrected chi connectivity index (χ4v) is 5.60. The molecule has 2 rings (SSSR count). The molecule has 0 saturated heterocycles. The first-order valence-corrected chi connectivity index (χ1v) is 11.5. The summed E-state index contributed by atoms with van der Waals surface area (Å²) in [6, 6.07) is 0. The van der Waals surface area contributed by atoms with Crippen LogP contribution in [0, 0.1) is 0 Å². The minimum Gasteiger partial charge on any atom is -0.302 e. The third-order valence-corrected chi connectivity index (χ3v) is 12.8. The molecule has 15 heavy (non-hydrogen) atoms. The van der Waals surface area contributed by atoms with Crippen LogP contribution in [0.4, 0.5) is 0 Å². The minimum absolute atomic E-state index is 0.0889. The largest absolute Gasteiger partial charge is 0.302 e. The summed E-state index contributed by atoms with van der Waals surface area (Å²) in [5.41, 5.74) is 3.00. The van der Waals surface area contributed by atoms with E-state index in [1.54, 1.807) is 0 Å². The lowest BCUT2D eigenvalue weighted by atomic mass is 10.0. The second-order valence-electron chi connectivity index (χ2n) is 3.78. The molecule has 1 aliphatic heterocycles. The van der Waals surface area contributed by atoms with Crippen LogP contribution in [-0.4, -0.2) is 23.5 Å². The fourth-order valence-electron chi connectivity index (χ4n) is 1.85. The normalized spacial score (nSPS) is 19.4. The van der Waals surface area contributed by atoms with Crippen LogP contribution < -0.4 is 5.30 Å². The molecule has 0 amide bonds. The van der Waals surface area contributed by atoms with E-state index in [1.807, 2.05) is 6.20 Å². The molecular weight excluding hydrogens is 260 g/mol. The van der Waals surface area contributed by atoms with Crippen molar-refractivity contribution >= 4 is 38.4 Å². The van der Waals surface area contributed by atoms with E-state index in [2.05, 4.69) is 41.0 Å². The van der Waals surface area contributed by atoms with Crippen LogP contribution in [0.1, 0.15) is 11.1 Å². The van der Waals surface area contributed by atoms with Crippen molar-refractivity contribution in [3.63, 3.8) is 0 Å². The topological polar surface area (TPSA) is 16.1 Å². The maximum absolute atomic E-state index is 4.37. The van der Waals surface area contributed by atoms with Crippen molar-refractivity contribution in [3.8, 4) is 0 Å². The lowest BCUT2D eigenvalue weighted by molar-refractivity contribution is 0.313. The summed E-state index contributed by atoms with van der Waals surface area (Å²) in [6.07, 6.45) is 5.26. The highest BCUT2D eigenvalue weighted by Gasteiger charge is 2.19. The molecular formula is C9H16N2P4. The van der Waals surface area contributed by atoms with Gasteiger partial charge in [-0.25, -0.2) is 0 Å². The van der Waals surface area contributed by atoms with Crippen LogP contribution in [-0.2, 0) is 13.0 Å². The predicted molar refractivity (Wildman–Crippen MR) is 78.6 cm³/mol. The highest BCUT2D eigenvalue weighted by molar-refractivity contribution is 8.63. The van der Waals surface area contributed by atoms with Gasteiger partial charge in [0.15, 0.2) is 0 Å². The first kappa shape index (κ1) is 12.3. The second-order valence-corrected chi connectivity index (χ2v) is 12.9. The van der Waals surface area contributed by atoms with E-state index in [0.717, 1.165) is 27.5 Å². The number of fused-ring (bicyclic) bond motifs is 1. The van der Waals surface area contributed by atoms with Crippen molar-refractivity contribution in [1.82, 2.24) is 9.88 Å². The van der Waals surface area contributed by atoms with Crippen molar-refractivity contribution in [3.05, 3.63) is 23.5 Å². The summed E-state index contributed by atoms with van der Waals surface area (Å²) in [7, 11) is 8.87. The molecule has 0 fully saturated rings. The van der Waals surface area contributed by atoms with Gasteiger partial charge in [0.05, 0.1) is 0 Å². The maximum atomic E-state index is 4.37. The highest BCUT2D eigenvalue weighted by Crippen LogP contribution is 2.65. The molecule has 0 spiro atoms. The molecule has 4 unspecified atom stereocenters. The Morgan fingerprint density at radius 1 is 1.53 bits per heavy atom. The zero-order valence-corrected chi connectivity index (χ0v) is 13.0. The quantitative estimate of drug-likeness (QED) is 0.771. The van der Waals surface area contributed by atoms with Crippen LogP contribution in [0.5, 0.6) is 0 Å². The average molecular weight is 276 g/mol. The Kier molecular flexibility index (Phi) is 4.46. The van der Waals surface area contributed by atoms with Crippen LogP contribution >= 0.6 is 33.1 Å². The smallest absolute Gasteiger partial charge is 0.0355 e. The lowest BCUT2D eigenvalue weighted by Gasteiger charge is -2.27. The Hall–Kier alpha value is 0.830. The standard InChI is InChI=1S/C9H16N2P4/c1-11-3-2-7-4-10-5-9(8(7)6-11)15(13)14-12/h4-5,14H,2-3,6,12-13H2,1H3. The number of hydrogen-bond donors (Lipinski definition) is 0. The number of pyridine rings is 1. The summed E-state index contributed by atoms with van der Waals surface area (Å²) >= 11 is 0. The fraction of sp³-hybridized carbons (Fsp3) is 0.444. The van der Waals surface area contributed by atoms with E-state index < -0.39 is 0 Å². The van der Waals surface area contributed by atoms with Crippen LogP contribution in [0.25, 0.3) is 0 Å². The van der Waals surface area contributed by atoms with Crippen molar-refractivity contribution in [2.45, 2.75) is 13.0 Å². The molecule has 0 aliphatic carbocycles.